The maximum Gasteiger partial charge on any atom is -0.0184 e. The third kappa shape index (κ3) is 10.1. The van der Waals surface area contributed by atoms with Crippen molar-refractivity contribution in [2.24, 2.45) is 0 Å². The second-order valence-electron chi connectivity index (χ2n) is 11.2. The molecule has 0 aliphatic rings. The van der Waals surface area contributed by atoms with Crippen LogP contribution in [0.5, 0.6) is 0 Å². The van der Waals surface area contributed by atoms with Crippen molar-refractivity contribution in [1.29, 1.82) is 0 Å². The molecule has 0 N–H and O–H groups in total. The number of allylic oxidation sites excluding steroid dienone is 5. The number of benzene rings is 4. The first kappa shape index (κ1) is 33.0. The molecule has 1 heteroatoms. The van der Waals surface area contributed by atoms with Crippen LogP contribution < -0.4 is 0 Å². The van der Waals surface area contributed by atoms with Crippen LogP contribution in [0.1, 0.15) is 47.1 Å². The summed E-state index contributed by atoms with van der Waals surface area (Å²) in [5, 5.41) is 0. The van der Waals surface area contributed by atoms with Crippen LogP contribution >= 0.6 is 0 Å². The quantitative estimate of drug-likeness (QED) is 0.188. The van der Waals surface area contributed by atoms with Crippen molar-refractivity contribution in [3.63, 3.8) is 0 Å². The Balaban J connectivity index is 0.000000177. The van der Waals surface area contributed by atoms with Crippen LogP contribution in [-0.4, -0.2) is 6.91 Å². The van der Waals surface area contributed by atoms with Crippen molar-refractivity contribution in [3.8, 4) is 22.3 Å². The molecule has 0 aliphatic carbocycles. The first-order chi connectivity index (χ1) is 20.7. The molecule has 0 saturated heterocycles. The van der Waals surface area contributed by atoms with Crippen LogP contribution in [0.4, 0.5) is 0 Å². The van der Waals surface area contributed by atoms with E-state index in [1.165, 1.54) is 66.7 Å². The summed E-state index contributed by atoms with van der Waals surface area (Å²) in [7, 11) is 0. The van der Waals surface area contributed by atoms with Crippen molar-refractivity contribution in [2.75, 3.05) is 0 Å². The molecule has 0 unspecified atom stereocenters. The Bertz CT molecular complexity index is 1570. The van der Waals surface area contributed by atoms with Gasteiger partial charge in [-0.05, 0) is 62.4 Å². The van der Waals surface area contributed by atoms with Crippen molar-refractivity contribution in [1.82, 2.24) is 0 Å². The van der Waals surface area contributed by atoms with Crippen molar-refractivity contribution < 1.29 is 0 Å². The number of hydrogen-bond donors (Lipinski definition) is 0. The van der Waals surface area contributed by atoms with Crippen LogP contribution in [0.2, 0.25) is 0 Å². The van der Waals surface area contributed by atoms with Gasteiger partial charge in [0, 0.05) is 0 Å². The van der Waals surface area contributed by atoms with Gasteiger partial charge in [-0.15, -0.1) is 0 Å². The van der Waals surface area contributed by atoms with E-state index in [-0.39, 0.29) is 0 Å². The maximum absolute atomic E-state index is 3.70. The van der Waals surface area contributed by atoms with E-state index in [1.54, 1.807) is 6.08 Å². The van der Waals surface area contributed by atoms with Gasteiger partial charge in [0.2, 0.25) is 0 Å². The van der Waals surface area contributed by atoms with Crippen LogP contribution in [0, 0.1) is 34.6 Å². The van der Waals surface area contributed by atoms with Crippen LogP contribution in [0.25, 0.3) is 27.8 Å². The zero-order valence-electron chi connectivity index (χ0n) is 27.0. The van der Waals surface area contributed by atoms with Gasteiger partial charge in [-0.1, -0.05) is 114 Å². The Kier molecular flexibility index (Phi) is 12.9. The van der Waals surface area contributed by atoms with Crippen molar-refractivity contribution >= 4 is 12.5 Å². The molecule has 0 radical (unpaired) electrons. The molecule has 0 spiro atoms. The van der Waals surface area contributed by atoms with Gasteiger partial charge in [0.1, 0.15) is 0 Å². The predicted octanol–water partition coefficient (Wildman–Crippen LogP) is 11.8. The summed E-state index contributed by atoms with van der Waals surface area (Å²) >= 11 is 0. The molecule has 0 saturated carbocycles. The average Bonchev–Trinajstić information content (AvgIpc) is 3.00. The molecule has 43 heavy (non-hydrogen) atoms. The molecule has 5 rings (SSSR count). The number of rotatable bonds is 5. The fraction of sp³-hybridized carbons (Fsp3) is 0.167. The molecular formula is C42H45B. The van der Waals surface area contributed by atoms with E-state index in [2.05, 4.69) is 183 Å². The summed E-state index contributed by atoms with van der Waals surface area (Å²) < 4.78 is 0. The second kappa shape index (κ2) is 16.8. The van der Waals surface area contributed by atoms with Gasteiger partial charge in [0.25, 0.3) is 0 Å². The summed E-state index contributed by atoms with van der Waals surface area (Å²) in [6.07, 6.45) is 5.90. The van der Waals surface area contributed by atoms with E-state index < -0.39 is 0 Å². The SMILES string of the molecule is C=C/C=C\C(=C(C)C)c1ccccc1C.Cc1bcccc1-c1ccccc1C.Cc1ccc(-c2ccc(C)cc2)cc1. The minimum atomic E-state index is 1.29. The van der Waals surface area contributed by atoms with Crippen LogP contribution in [0.3, 0.4) is 0 Å². The molecule has 1 heterocycles. The molecule has 4 aromatic carbocycles. The summed E-state index contributed by atoms with van der Waals surface area (Å²) in [4.78, 5) is 0. The average molecular weight is 561 g/mol. The summed E-state index contributed by atoms with van der Waals surface area (Å²) in [5.74, 6) is 2.08. The summed E-state index contributed by atoms with van der Waals surface area (Å²) in [6.45, 7) is 20.8. The Hall–Kier alpha value is -4.49. The fourth-order valence-corrected chi connectivity index (χ4v) is 4.81. The Labute approximate surface area is 261 Å². The Morgan fingerprint density at radius 2 is 1.09 bits per heavy atom. The molecule has 0 aliphatic heterocycles. The van der Waals surface area contributed by atoms with E-state index in [0.29, 0.717) is 0 Å². The molecule has 0 atom stereocenters. The first-order valence-electron chi connectivity index (χ1n) is 15.0. The van der Waals surface area contributed by atoms with Gasteiger partial charge < -0.3 is 0 Å². The molecule has 5 aromatic rings. The van der Waals surface area contributed by atoms with E-state index in [4.69, 9.17) is 0 Å². The largest absolute Gasteiger partial charge is 0.0587 e. The third-order valence-corrected chi connectivity index (χ3v) is 7.39. The number of aryl methyl sites for hydroxylation is 5. The minimum Gasteiger partial charge on any atom is -0.0587 e. The maximum atomic E-state index is 3.70. The van der Waals surface area contributed by atoms with E-state index in [0.717, 1.165) is 0 Å². The molecule has 216 valence electrons. The van der Waals surface area contributed by atoms with Crippen molar-refractivity contribution in [3.05, 3.63) is 179 Å². The zero-order valence-corrected chi connectivity index (χ0v) is 27.0. The normalized spacial score (nSPS) is 10.1. The molecule has 0 amide bonds. The van der Waals surface area contributed by atoms with Gasteiger partial charge >= 0.3 is 85.3 Å². The molecule has 0 fully saturated rings. The minimum absolute atomic E-state index is 1.29. The monoisotopic (exact) mass is 560 g/mol. The van der Waals surface area contributed by atoms with Gasteiger partial charge in [-0.2, -0.15) is 0 Å². The van der Waals surface area contributed by atoms with Crippen LogP contribution in [0.15, 0.2) is 146 Å². The summed E-state index contributed by atoms with van der Waals surface area (Å²) in [6, 6.07) is 38.5. The standard InChI is InChI=1S/C15H18.C14H14.C13H13B/c1-5-6-10-14(12(2)3)15-11-8-7-9-13(15)4;1-11-3-7-13(8-4-11)14-9-5-12(2)6-10-14;1-10-6-3-4-7-12(10)13-8-5-9-14-11(13)2/h5-11H,1H2,2-4H3;3-10H,1-2H3;3-9H,1-2H3/b10-6-;;. The molecular weight excluding hydrogens is 515 g/mol. The first-order valence-corrected chi connectivity index (χ1v) is 15.0. The van der Waals surface area contributed by atoms with Gasteiger partial charge in [0.15, 0.2) is 0 Å². The van der Waals surface area contributed by atoms with Gasteiger partial charge in [-0.3, -0.25) is 0 Å². The second-order valence-corrected chi connectivity index (χ2v) is 11.2. The van der Waals surface area contributed by atoms with Crippen molar-refractivity contribution in [2.45, 2.75) is 48.5 Å². The van der Waals surface area contributed by atoms with E-state index in [9.17, 15) is 0 Å². The number of hydrogen-bond acceptors (Lipinski definition) is 0. The fourth-order valence-electron chi connectivity index (χ4n) is 4.81. The smallest absolute Gasteiger partial charge is 0.0184 e. The molecule has 0 bridgehead atoms. The van der Waals surface area contributed by atoms with Crippen LogP contribution in [-0.2, 0) is 0 Å². The Morgan fingerprint density at radius 3 is 1.58 bits per heavy atom. The Morgan fingerprint density at radius 1 is 0.581 bits per heavy atom. The van der Waals surface area contributed by atoms with E-state index in [1.807, 2.05) is 6.08 Å². The predicted molar refractivity (Wildman–Crippen MR) is 193 cm³/mol. The topological polar surface area (TPSA) is 0 Å². The summed E-state index contributed by atoms with van der Waals surface area (Å²) in [5.41, 5.74) is 15.8. The molecule has 0 nitrogen and oxygen atoms in total. The molecule has 1 aromatic heterocycles. The van der Waals surface area contributed by atoms with Gasteiger partial charge in [-0.25, -0.2) is 0 Å². The zero-order chi connectivity index (χ0) is 31.2. The third-order valence-electron chi connectivity index (χ3n) is 7.39. The van der Waals surface area contributed by atoms with Gasteiger partial charge in [0.05, 0.1) is 0 Å². The van der Waals surface area contributed by atoms with E-state index >= 15 is 0 Å².